The summed E-state index contributed by atoms with van der Waals surface area (Å²) in [5.74, 6) is -4.66. The number of nitrogens with zero attached hydrogens (tertiary/aromatic N) is 1. The third-order valence-corrected chi connectivity index (χ3v) is 2.79. The minimum atomic E-state index is -4.14. The first-order valence-electron chi connectivity index (χ1n) is 5.95. The molecule has 1 aliphatic heterocycles. The molecular weight excluding hydrogens is 252 g/mol. The summed E-state index contributed by atoms with van der Waals surface area (Å²) in [5.41, 5.74) is 0. The highest BCUT2D eigenvalue weighted by molar-refractivity contribution is 5.82. The summed E-state index contributed by atoms with van der Waals surface area (Å²) in [6, 6.07) is -0.512. The first kappa shape index (κ1) is 15.2. The number of hydrogen-bond donors (Lipinski definition) is 1. The predicted octanol–water partition coefficient (Wildman–Crippen LogP) is 1.88. The van der Waals surface area contributed by atoms with Gasteiger partial charge in [0.1, 0.15) is 0 Å². The van der Waals surface area contributed by atoms with E-state index in [-0.39, 0.29) is 12.6 Å². The van der Waals surface area contributed by atoms with Gasteiger partial charge in [0, 0.05) is 12.6 Å². The minimum Gasteiger partial charge on any atom is -0.335 e. The lowest BCUT2D eigenvalue weighted by Gasteiger charge is -2.35. The van der Waals surface area contributed by atoms with Crippen molar-refractivity contribution < 1.29 is 22.4 Å². The second kappa shape index (κ2) is 5.86. The Morgan fingerprint density at radius 1 is 1.44 bits per heavy atom. The zero-order valence-electron chi connectivity index (χ0n) is 10.4. The smallest absolute Gasteiger partial charge is 0.324 e. The van der Waals surface area contributed by atoms with Gasteiger partial charge in [-0.05, 0) is 12.8 Å². The maximum Gasteiger partial charge on any atom is 0.324 e. The average Bonchev–Trinajstić information content (AvgIpc) is 2.23. The van der Waals surface area contributed by atoms with Crippen LogP contribution in [-0.2, 0) is 4.79 Å². The maximum atomic E-state index is 12.9. The summed E-state index contributed by atoms with van der Waals surface area (Å²) < 4.78 is 50.1. The molecule has 1 aliphatic rings. The molecule has 18 heavy (non-hydrogen) atoms. The SMILES string of the molecule is CC(C)NC1CCCN(CC(F)(F)C(F)F)C1=O. The van der Waals surface area contributed by atoms with Crippen LogP contribution in [0.5, 0.6) is 0 Å². The van der Waals surface area contributed by atoms with E-state index in [1.165, 1.54) is 0 Å². The second-order valence-electron chi connectivity index (χ2n) is 4.84. The number of amides is 1. The van der Waals surface area contributed by atoms with Gasteiger partial charge in [-0.3, -0.25) is 4.79 Å². The lowest BCUT2D eigenvalue weighted by molar-refractivity contribution is -0.160. The van der Waals surface area contributed by atoms with E-state index in [1.807, 2.05) is 13.8 Å². The number of piperidine rings is 1. The van der Waals surface area contributed by atoms with Crippen molar-refractivity contribution in [2.45, 2.75) is 51.1 Å². The van der Waals surface area contributed by atoms with E-state index in [1.54, 1.807) is 0 Å². The molecule has 1 rings (SSSR count). The Kier molecular flexibility index (Phi) is 4.95. The monoisotopic (exact) mass is 270 g/mol. The molecule has 0 aliphatic carbocycles. The third-order valence-electron chi connectivity index (χ3n) is 2.79. The highest BCUT2D eigenvalue weighted by Crippen LogP contribution is 2.26. The number of carbonyl (C=O) groups is 1. The molecule has 0 aromatic heterocycles. The Morgan fingerprint density at radius 3 is 2.56 bits per heavy atom. The molecule has 1 unspecified atom stereocenters. The van der Waals surface area contributed by atoms with Crippen molar-refractivity contribution >= 4 is 5.91 Å². The molecule has 1 N–H and O–H groups in total. The molecule has 1 heterocycles. The zero-order chi connectivity index (χ0) is 13.9. The van der Waals surface area contributed by atoms with Gasteiger partial charge < -0.3 is 10.2 Å². The number of hydrogen-bond acceptors (Lipinski definition) is 2. The molecule has 0 spiro atoms. The van der Waals surface area contributed by atoms with E-state index in [4.69, 9.17) is 0 Å². The molecule has 1 atom stereocenters. The molecule has 0 radical (unpaired) electrons. The van der Waals surface area contributed by atoms with E-state index in [2.05, 4.69) is 5.32 Å². The molecule has 7 heteroatoms. The van der Waals surface area contributed by atoms with Crippen LogP contribution in [0.25, 0.3) is 0 Å². The van der Waals surface area contributed by atoms with Gasteiger partial charge in [-0.15, -0.1) is 0 Å². The van der Waals surface area contributed by atoms with Crippen LogP contribution in [0, 0.1) is 0 Å². The number of nitrogens with one attached hydrogen (secondary N) is 1. The van der Waals surface area contributed by atoms with Crippen LogP contribution in [0.15, 0.2) is 0 Å². The van der Waals surface area contributed by atoms with Gasteiger partial charge in [0.15, 0.2) is 0 Å². The van der Waals surface area contributed by atoms with Crippen LogP contribution in [0.3, 0.4) is 0 Å². The van der Waals surface area contributed by atoms with Crippen LogP contribution in [0.1, 0.15) is 26.7 Å². The molecule has 0 aromatic rings. The van der Waals surface area contributed by atoms with Crippen LogP contribution in [-0.4, -0.2) is 48.3 Å². The van der Waals surface area contributed by atoms with E-state index < -0.39 is 30.8 Å². The van der Waals surface area contributed by atoms with Crippen molar-refractivity contribution in [1.29, 1.82) is 0 Å². The normalized spacial score (nSPS) is 22.1. The van der Waals surface area contributed by atoms with Gasteiger partial charge in [-0.2, -0.15) is 8.78 Å². The Labute approximate surface area is 104 Å². The second-order valence-corrected chi connectivity index (χ2v) is 4.84. The lowest BCUT2D eigenvalue weighted by atomic mass is 10.0. The van der Waals surface area contributed by atoms with Crippen molar-refractivity contribution in [3.63, 3.8) is 0 Å². The molecule has 1 fully saturated rings. The Balaban J connectivity index is 2.64. The van der Waals surface area contributed by atoms with Gasteiger partial charge in [0.05, 0.1) is 12.6 Å². The van der Waals surface area contributed by atoms with Gasteiger partial charge in [-0.1, -0.05) is 13.8 Å². The summed E-state index contributed by atoms with van der Waals surface area (Å²) in [4.78, 5) is 12.7. The summed E-state index contributed by atoms with van der Waals surface area (Å²) in [5, 5.41) is 2.95. The topological polar surface area (TPSA) is 32.3 Å². The lowest BCUT2D eigenvalue weighted by Crippen LogP contribution is -2.55. The van der Waals surface area contributed by atoms with E-state index in [9.17, 15) is 22.4 Å². The van der Waals surface area contributed by atoms with E-state index in [0.29, 0.717) is 12.8 Å². The van der Waals surface area contributed by atoms with Gasteiger partial charge >= 0.3 is 12.3 Å². The molecule has 3 nitrogen and oxygen atoms in total. The van der Waals surface area contributed by atoms with E-state index in [0.717, 1.165) is 4.90 Å². The first-order valence-corrected chi connectivity index (χ1v) is 5.95. The highest BCUT2D eigenvalue weighted by Gasteiger charge is 2.44. The van der Waals surface area contributed by atoms with Crippen LogP contribution in [0.2, 0.25) is 0 Å². The Hall–Kier alpha value is -0.850. The molecule has 0 saturated carbocycles. The predicted molar refractivity (Wildman–Crippen MR) is 58.8 cm³/mol. The summed E-state index contributed by atoms with van der Waals surface area (Å²) >= 11 is 0. The van der Waals surface area contributed by atoms with Crippen molar-refractivity contribution in [3.8, 4) is 0 Å². The largest absolute Gasteiger partial charge is 0.335 e. The van der Waals surface area contributed by atoms with Gasteiger partial charge in [0.2, 0.25) is 5.91 Å². The number of alkyl halides is 4. The average molecular weight is 270 g/mol. The molecule has 0 aromatic carbocycles. The molecule has 106 valence electrons. The fourth-order valence-electron chi connectivity index (χ4n) is 1.98. The summed E-state index contributed by atoms with van der Waals surface area (Å²) in [6.07, 6.45) is -2.66. The van der Waals surface area contributed by atoms with Crippen LogP contribution >= 0.6 is 0 Å². The number of carbonyl (C=O) groups excluding carboxylic acids is 1. The Bertz CT molecular complexity index is 297. The van der Waals surface area contributed by atoms with Crippen molar-refractivity contribution in [2.75, 3.05) is 13.1 Å². The summed E-state index contributed by atoms with van der Waals surface area (Å²) in [6.45, 7) is 2.57. The number of rotatable bonds is 5. The first-order chi connectivity index (χ1) is 8.24. The van der Waals surface area contributed by atoms with Crippen molar-refractivity contribution in [3.05, 3.63) is 0 Å². The zero-order valence-corrected chi connectivity index (χ0v) is 10.4. The van der Waals surface area contributed by atoms with Gasteiger partial charge in [0.25, 0.3) is 0 Å². The fraction of sp³-hybridized carbons (Fsp3) is 0.909. The summed E-state index contributed by atoms with van der Waals surface area (Å²) in [7, 11) is 0. The quantitative estimate of drug-likeness (QED) is 0.774. The van der Waals surface area contributed by atoms with Crippen LogP contribution in [0.4, 0.5) is 17.6 Å². The standard InChI is InChI=1S/C11H18F4N2O/c1-7(2)16-8-4-3-5-17(9(8)18)6-11(14,15)10(12)13/h7-8,10,16H,3-6H2,1-2H3. The number of likely N-dealkylation sites (tertiary alicyclic amines) is 1. The molecular formula is C11H18F4N2O. The minimum absolute atomic E-state index is 0.0366. The van der Waals surface area contributed by atoms with Crippen LogP contribution < -0.4 is 5.32 Å². The van der Waals surface area contributed by atoms with Crippen molar-refractivity contribution in [1.82, 2.24) is 10.2 Å². The highest BCUT2D eigenvalue weighted by atomic mass is 19.3. The van der Waals surface area contributed by atoms with Gasteiger partial charge in [-0.25, -0.2) is 8.78 Å². The third kappa shape index (κ3) is 3.83. The Morgan fingerprint density at radius 2 is 2.06 bits per heavy atom. The molecule has 0 bridgehead atoms. The molecule has 1 saturated heterocycles. The fourth-order valence-corrected chi connectivity index (χ4v) is 1.98. The molecule has 1 amide bonds. The van der Waals surface area contributed by atoms with E-state index >= 15 is 0 Å². The van der Waals surface area contributed by atoms with Crippen molar-refractivity contribution in [2.24, 2.45) is 0 Å². The maximum absolute atomic E-state index is 12.9. The number of halogens is 4.